The van der Waals surface area contributed by atoms with Crippen LogP contribution in [-0.4, -0.2) is 21.0 Å². The number of carboxylic acids is 1. The molecule has 2 heterocycles. The van der Waals surface area contributed by atoms with Gasteiger partial charge in [0, 0.05) is 12.1 Å². The fourth-order valence-corrected chi connectivity index (χ4v) is 1.81. The number of carboxylic acid groups (broad SMARTS) is 1. The van der Waals surface area contributed by atoms with Gasteiger partial charge in [-0.1, -0.05) is 0 Å². The molecule has 0 aliphatic heterocycles. The van der Waals surface area contributed by atoms with E-state index in [2.05, 4.69) is 15.3 Å². The molecule has 19 heavy (non-hydrogen) atoms. The maximum Gasteiger partial charge on any atom is 0.341 e. The molecule has 1 aliphatic carbocycles. The summed E-state index contributed by atoms with van der Waals surface area (Å²) in [6.07, 6.45) is 5.09. The fourth-order valence-electron chi connectivity index (χ4n) is 1.81. The van der Waals surface area contributed by atoms with Crippen molar-refractivity contribution in [1.82, 2.24) is 9.97 Å². The molecule has 0 radical (unpaired) electrons. The van der Waals surface area contributed by atoms with Crippen LogP contribution in [-0.2, 0) is 6.54 Å². The van der Waals surface area contributed by atoms with Crippen LogP contribution in [0.4, 0.5) is 5.82 Å². The number of nitrogens with zero attached hydrogens (tertiary/aromatic N) is 2. The van der Waals surface area contributed by atoms with Crippen molar-refractivity contribution in [3.63, 3.8) is 0 Å². The van der Waals surface area contributed by atoms with Crippen molar-refractivity contribution in [2.75, 3.05) is 5.32 Å². The summed E-state index contributed by atoms with van der Waals surface area (Å²) in [5.41, 5.74) is 0.0796. The summed E-state index contributed by atoms with van der Waals surface area (Å²) in [6, 6.07) is 3.60. The van der Waals surface area contributed by atoms with Gasteiger partial charge in [0.05, 0.1) is 12.8 Å². The number of aromatic carboxylic acids is 1. The van der Waals surface area contributed by atoms with Gasteiger partial charge in [0.1, 0.15) is 23.0 Å². The van der Waals surface area contributed by atoms with Crippen molar-refractivity contribution in [1.29, 1.82) is 0 Å². The summed E-state index contributed by atoms with van der Waals surface area (Å²) in [6.45, 7) is 0.397. The number of hydrogen-bond donors (Lipinski definition) is 2. The lowest BCUT2D eigenvalue weighted by atomic mass is 10.3. The molecule has 98 valence electrons. The van der Waals surface area contributed by atoms with Crippen molar-refractivity contribution >= 4 is 11.8 Å². The predicted octanol–water partition coefficient (Wildman–Crippen LogP) is 2.26. The van der Waals surface area contributed by atoms with Gasteiger partial charge in [-0.15, -0.1) is 0 Å². The first-order valence-electron chi connectivity index (χ1n) is 6.10. The molecule has 0 unspecified atom stereocenters. The van der Waals surface area contributed by atoms with Gasteiger partial charge in [0.15, 0.2) is 0 Å². The van der Waals surface area contributed by atoms with Gasteiger partial charge >= 0.3 is 5.97 Å². The van der Waals surface area contributed by atoms with Crippen LogP contribution in [0.3, 0.4) is 0 Å². The average molecular weight is 259 g/mol. The first-order valence-corrected chi connectivity index (χ1v) is 6.10. The number of aromatic nitrogens is 2. The first-order chi connectivity index (χ1) is 9.24. The highest BCUT2D eigenvalue weighted by Crippen LogP contribution is 2.38. The molecule has 3 rings (SSSR count). The van der Waals surface area contributed by atoms with E-state index < -0.39 is 5.97 Å². The molecule has 0 aromatic carbocycles. The van der Waals surface area contributed by atoms with E-state index in [1.807, 2.05) is 6.07 Å². The molecule has 2 aromatic rings. The first kappa shape index (κ1) is 11.7. The van der Waals surface area contributed by atoms with Crippen LogP contribution in [0.2, 0.25) is 0 Å². The van der Waals surface area contributed by atoms with Gasteiger partial charge in [-0.2, -0.15) is 0 Å². The zero-order chi connectivity index (χ0) is 13.2. The van der Waals surface area contributed by atoms with Gasteiger partial charge in [-0.05, 0) is 25.0 Å². The lowest BCUT2D eigenvalue weighted by Crippen LogP contribution is -2.10. The zero-order valence-electron chi connectivity index (χ0n) is 10.2. The molecule has 2 N–H and O–H groups in total. The highest BCUT2D eigenvalue weighted by Gasteiger charge is 2.28. The molecule has 6 heteroatoms. The van der Waals surface area contributed by atoms with Crippen molar-refractivity contribution in [3.8, 4) is 0 Å². The van der Waals surface area contributed by atoms with Crippen molar-refractivity contribution < 1.29 is 14.3 Å². The number of rotatable bonds is 5. The molecular weight excluding hydrogens is 246 g/mol. The molecule has 1 saturated carbocycles. The van der Waals surface area contributed by atoms with Crippen LogP contribution in [0, 0.1) is 0 Å². The number of anilines is 1. The molecule has 0 spiro atoms. The van der Waals surface area contributed by atoms with E-state index >= 15 is 0 Å². The zero-order valence-corrected chi connectivity index (χ0v) is 10.2. The lowest BCUT2D eigenvalue weighted by Gasteiger charge is -2.08. The molecule has 0 bridgehead atoms. The van der Waals surface area contributed by atoms with E-state index in [-0.39, 0.29) is 5.56 Å². The average Bonchev–Trinajstić information content (AvgIpc) is 3.13. The van der Waals surface area contributed by atoms with Gasteiger partial charge in [0.25, 0.3) is 0 Å². The monoisotopic (exact) mass is 259 g/mol. The minimum Gasteiger partial charge on any atom is -0.477 e. The molecule has 6 nitrogen and oxygen atoms in total. The third-order valence-electron chi connectivity index (χ3n) is 2.99. The molecule has 2 aromatic heterocycles. The second-order valence-electron chi connectivity index (χ2n) is 4.50. The van der Waals surface area contributed by atoms with Gasteiger partial charge < -0.3 is 14.8 Å². The predicted molar refractivity (Wildman–Crippen MR) is 67.0 cm³/mol. The number of hydrogen-bond acceptors (Lipinski definition) is 5. The van der Waals surface area contributed by atoms with Crippen LogP contribution in [0.25, 0.3) is 0 Å². The SMILES string of the molecule is O=C(O)c1cnc(C2CC2)nc1NCc1ccco1. The summed E-state index contributed by atoms with van der Waals surface area (Å²) in [4.78, 5) is 19.6. The van der Waals surface area contributed by atoms with E-state index in [9.17, 15) is 4.79 Å². The maximum absolute atomic E-state index is 11.1. The maximum atomic E-state index is 11.1. The normalized spacial score (nSPS) is 14.3. The van der Waals surface area contributed by atoms with E-state index in [0.717, 1.165) is 18.6 Å². The second-order valence-corrected chi connectivity index (χ2v) is 4.50. The van der Waals surface area contributed by atoms with Crippen molar-refractivity contribution in [2.45, 2.75) is 25.3 Å². The van der Waals surface area contributed by atoms with Crippen LogP contribution >= 0.6 is 0 Å². The number of furan rings is 1. The highest BCUT2D eigenvalue weighted by atomic mass is 16.4. The molecule has 1 aliphatic rings. The fraction of sp³-hybridized carbons (Fsp3) is 0.308. The Labute approximate surface area is 109 Å². The Kier molecular flexibility index (Phi) is 2.91. The van der Waals surface area contributed by atoms with E-state index in [1.54, 1.807) is 12.3 Å². The minimum absolute atomic E-state index is 0.0796. The van der Waals surface area contributed by atoms with Crippen LogP contribution in [0.5, 0.6) is 0 Å². The Balaban J connectivity index is 1.83. The summed E-state index contributed by atoms with van der Waals surface area (Å²) in [5.74, 6) is 1.13. The summed E-state index contributed by atoms with van der Waals surface area (Å²) >= 11 is 0. The smallest absolute Gasteiger partial charge is 0.341 e. The summed E-state index contributed by atoms with van der Waals surface area (Å²) in [5, 5.41) is 12.1. The van der Waals surface area contributed by atoms with Crippen LogP contribution in [0.15, 0.2) is 29.0 Å². The third kappa shape index (κ3) is 2.57. The number of carbonyl (C=O) groups is 1. The minimum atomic E-state index is -1.04. The van der Waals surface area contributed by atoms with Crippen LogP contribution < -0.4 is 5.32 Å². The van der Waals surface area contributed by atoms with Crippen LogP contribution in [0.1, 0.15) is 40.7 Å². The molecule has 0 saturated heterocycles. The molecule has 0 atom stereocenters. The third-order valence-corrected chi connectivity index (χ3v) is 2.99. The topological polar surface area (TPSA) is 88.2 Å². The lowest BCUT2D eigenvalue weighted by molar-refractivity contribution is 0.0697. The summed E-state index contributed by atoms with van der Waals surface area (Å²) < 4.78 is 5.19. The largest absolute Gasteiger partial charge is 0.477 e. The number of nitrogens with one attached hydrogen (secondary N) is 1. The molecular formula is C13H13N3O3. The van der Waals surface area contributed by atoms with Gasteiger partial charge in [-0.3, -0.25) is 0 Å². The second kappa shape index (κ2) is 4.72. The standard InChI is InChI=1S/C13H13N3O3/c17-13(18)10-7-15-11(8-3-4-8)16-12(10)14-6-9-2-1-5-19-9/h1-2,5,7-8H,3-4,6H2,(H,17,18)(H,14,15,16). The molecule has 1 fully saturated rings. The Morgan fingerprint density at radius 2 is 2.37 bits per heavy atom. The van der Waals surface area contributed by atoms with Gasteiger partial charge in [-0.25, -0.2) is 14.8 Å². The molecule has 0 amide bonds. The van der Waals surface area contributed by atoms with E-state index in [0.29, 0.717) is 24.1 Å². The Bertz CT molecular complexity index is 591. The van der Waals surface area contributed by atoms with Gasteiger partial charge in [0.2, 0.25) is 0 Å². The van der Waals surface area contributed by atoms with E-state index in [1.165, 1.54) is 6.20 Å². The Morgan fingerprint density at radius 1 is 1.53 bits per heavy atom. The summed E-state index contributed by atoms with van der Waals surface area (Å²) in [7, 11) is 0. The Morgan fingerprint density at radius 3 is 3.00 bits per heavy atom. The highest BCUT2D eigenvalue weighted by molar-refractivity contribution is 5.92. The quantitative estimate of drug-likeness (QED) is 0.856. The van der Waals surface area contributed by atoms with Crippen molar-refractivity contribution in [2.24, 2.45) is 0 Å². The Hall–Kier alpha value is -2.37. The van der Waals surface area contributed by atoms with E-state index in [4.69, 9.17) is 9.52 Å². The van der Waals surface area contributed by atoms with Crippen molar-refractivity contribution in [3.05, 3.63) is 41.7 Å².